The van der Waals surface area contributed by atoms with Crippen molar-refractivity contribution in [2.24, 2.45) is 17.0 Å². The lowest BCUT2D eigenvalue weighted by molar-refractivity contribution is -0.00161. The number of aliphatic hydroxyl groups excluding tert-OH is 2. The number of rotatable bonds is 10. The molecule has 192 valence electrons. The molecule has 2 heterocycles. The molecule has 4 rings (SSSR count). The minimum atomic E-state index is -4.15. The summed E-state index contributed by atoms with van der Waals surface area (Å²) in [6.45, 7) is 0.340. The van der Waals surface area contributed by atoms with E-state index in [1.807, 2.05) is 18.2 Å². The topological polar surface area (TPSA) is 170 Å². The number of halogens is 1. The van der Waals surface area contributed by atoms with Gasteiger partial charge in [0.25, 0.3) is 0 Å². The quantitative estimate of drug-likeness (QED) is 0.278. The summed E-state index contributed by atoms with van der Waals surface area (Å²) in [5, 5.41) is 33.7. The zero-order valence-electron chi connectivity index (χ0n) is 19.1. The number of hydrogen-bond acceptors (Lipinski definition) is 9. The van der Waals surface area contributed by atoms with Gasteiger partial charge in [0, 0.05) is 47.7 Å². The van der Waals surface area contributed by atoms with Crippen LogP contribution in [0.4, 0.5) is 5.69 Å². The Morgan fingerprint density at radius 1 is 1.22 bits per heavy atom. The van der Waals surface area contributed by atoms with E-state index in [0.29, 0.717) is 29.2 Å². The summed E-state index contributed by atoms with van der Waals surface area (Å²) in [4.78, 5) is 17.2. The summed E-state index contributed by atoms with van der Waals surface area (Å²) in [5.74, 6) is -1.35. The Labute approximate surface area is 213 Å². The van der Waals surface area contributed by atoms with E-state index in [-0.39, 0.29) is 24.6 Å². The minimum absolute atomic E-state index is 0.220. The molecule has 1 aliphatic carbocycles. The monoisotopic (exact) mass is 535 g/mol. The van der Waals surface area contributed by atoms with Crippen LogP contribution in [0.1, 0.15) is 28.0 Å². The van der Waals surface area contributed by atoms with Crippen molar-refractivity contribution in [1.29, 1.82) is 0 Å². The van der Waals surface area contributed by atoms with Crippen molar-refractivity contribution in [3.8, 4) is 0 Å². The van der Waals surface area contributed by atoms with Gasteiger partial charge in [0.1, 0.15) is 5.69 Å². The molecule has 0 bridgehead atoms. The molecular weight excluding hydrogens is 510 g/mol. The molecule has 3 aromatic rings. The standard InChI is InChI=1S/C23H26ClN5O6S/c24-17-3-1-2-14(8-17)12-29-7-5-20(28-29)23(32)18-11-26-6-4-19(18)27-10-15-9-16(22(31)21(15)30)13-35-36(25,33)34/h1-8,11,15-16,21-22,30-31H,9-10,12-13H2,(H,26,27)(H2,25,33,34)/t15-,16+,21-,22+/m0/s1. The van der Waals surface area contributed by atoms with E-state index in [1.54, 1.807) is 29.1 Å². The van der Waals surface area contributed by atoms with Crippen molar-refractivity contribution < 1.29 is 27.6 Å². The molecule has 1 saturated carbocycles. The van der Waals surface area contributed by atoms with Crippen LogP contribution in [0.5, 0.6) is 0 Å². The highest BCUT2D eigenvalue weighted by atomic mass is 35.5. The average molecular weight is 536 g/mol. The van der Waals surface area contributed by atoms with Crippen LogP contribution in [0.25, 0.3) is 0 Å². The van der Waals surface area contributed by atoms with Gasteiger partial charge in [0.2, 0.25) is 5.78 Å². The van der Waals surface area contributed by atoms with E-state index < -0.39 is 34.3 Å². The van der Waals surface area contributed by atoms with Crippen molar-refractivity contribution >= 4 is 33.4 Å². The highest BCUT2D eigenvalue weighted by molar-refractivity contribution is 7.84. The lowest BCUT2D eigenvalue weighted by atomic mass is 10.0. The van der Waals surface area contributed by atoms with Crippen molar-refractivity contribution in [3.05, 3.63) is 76.8 Å². The van der Waals surface area contributed by atoms with Crippen molar-refractivity contribution in [2.75, 3.05) is 18.5 Å². The van der Waals surface area contributed by atoms with Gasteiger partial charge in [-0.05, 0) is 36.2 Å². The second-order valence-electron chi connectivity index (χ2n) is 8.67. The third-order valence-electron chi connectivity index (χ3n) is 6.10. The summed E-state index contributed by atoms with van der Waals surface area (Å²) in [7, 11) is -4.15. The first-order valence-corrected chi connectivity index (χ1v) is 13.0. The SMILES string of the molecule is NS(=O)(=O)OC[C@H]1C[C@@H](CNc2ccncc2C(=O)c2ccn(Cc3cccc(Cl)c3)n2)[C@H](O)[C@@H]1O. The normalized spacial score (nSPS) is 22.0. The number of ketones is 1. The van der Waals surface area contributed by atoms with Crippen LogP contribution >= 0.6 is 11.6 Å². The van der Waals surface area contributed by atoms with Crippen LogP contribution in [0.2, 0.25) is 5.02 Å². The molecule has 0 amide bonds. The van der Waals surface area contributed by atoms with E-state index in [4.69, 9.17) is 16.7 Å². The third-order valence-corrected chi connectivity index (χ3v) is 6.79. The molecule has 0 saturated heterocycles. The molecule has 0 radical (unpaired) electrons. The van der Waals surface area contributed by atoms with E-state index >= 15 is 0 Å². The van der Waals surface area contributed by atoms with E-state index in [2.05, 4.69) is 19.6 Å². The zero-order chi connectivity index (χ0) is 25.9. The largest absolute Gasteiger partial charge is 0.390 e. The summed E-state index contributed by atoms with van der Waals surface area (Å²) in [5.41, 5.74) is 1.97. The van der Waals surface area contributed by atoms with Crippen LogP contribution in [0.15, 0.2) is 55.0 Å². The number of nitrogens with zero attached hydrogens (tertiary/aromatic N) is 3. The Balaban J connectivity index is 1.41. The molecule has 1 fully saturated rings. The molecule has 0 spiro atoms. The summed E-state index contributed by atoms with van der Waals surface area (Å²) >= 11 is 6.04. The van der Waals surface area contributed by atoms with Gasteiger partial charge in [0.05, 0.1) is 30.9 Å². The van der Waals surface area contributed by atoms with Gasteiger partial charge >= 0.3 is 10.3 Å². The highest BCUT2D eigenvalue weighted by Gasteiger charge is 2.41. The third kappa shape index (κ3) is 6.46. The summed E-state index contributed by atoms with van der Waals surface area (Å²) < 4.78 is 28.3. The van der Waals surface area contributed by atoms with Gasteiger partial charge in [-0.2, -0.15) is 13.5 Å². The zero-order valence-corrected chi connectivity index (χ0v) is 20.6. The first-order chi connectivity index (χ1) is 17.1. The molecule has 4 atom stereocenters. The Morgan fingerprint density at radius 3 is 2.75 bits per heavy atom. The molecule has 36 heavy (non-hydrogen) atoms. The van der Waals surface area contributed by atoms with E-state index in [0.717, 1.165) is 5.56 Å². The van der Waals surface area contributed by atoms with Crippen LogP contribution in [-0.4, -0.2) is 64.5 Å². The van der Waals surface area contributed by atoms with Gasteiger partial charge in [0.15, 0.2) is 0 Å². The second kappa shape index (κ2) is 11.0. The second-order valence-corrected chi connectivity index (χ2v) is 10.3. The number of aromatic nitrogens is 3. The van der Waals surface area contributed by atoms with Crippen LogP contribution in [0.3, 0.4) is 0 Å². The molecule has 0 unspecified atom stereocenters. The summed E-state index contributed by atoms with van der Waals surface area (Å²) in [6, 6.07) is 10.6. The van der Waals surface area contributed by atoms with Crippen molar-refractivity contribution in [3.63, 3.8) is 0 Å². The van der Waals surface area contributed by atoms with Gasteiger partial charge in [-0.15, -0.1) is 0 Å². The number of carbonyl (C=O) groups is 1. The Kier molecular flexibility index (Phi) is 8.03. The molecule has 0 aliphatic heterocycles. The van der Waals surface area contributed by atoms with E-state index in [1.165, 1.54) is 12.4 Å². The van der Waals surface area contributed by atoms with Gasteiger partial charge in [-0.25, -0.2) is 5.14 Å². The molecule has 13 heteroatoms. The molecule has 11 nitrogen and oxygen atoms in total. The summed E-state index contributed by atoms with van der Waals surface area (Å²) in [6.07, 6.45) is 2.70. The number of nitrogens with two attached hydrogens (primary N) is 1. The fraction of sp³-hybridized carbons (Fsp3) is 0.348. The van der Waals surface area contributed by atoms with E-state index in [9.17, 15) is 23.4 Å². The maximum atomic E-state index is 13.2. The predicted octanol–water partition coefficient (Wildman–Crippen LogP) is 1.20. The van der Waals surface area contributed by atoms with Crippen molar-refractivity contribution in [2.45, 2.75) is 25.2 Å². The number of nitrogens with one attached hydrogen (secondary N) is 1. The molecular formula is C23H26ClN5O6S. The number of carbonyl (C=O) groups excluding carboxylic acids is 1. The van der Waals surface area contributed by atoms with Crippen LogP contribution in [-0.2, 0) is 21.0 Å². The molecule has 2 aromatic heterocycles. The van der Waals surface area contributed by atoms with Gasteiger partial charge < -0.3 is 15.5 Å². The Hall–Kier alpha value is -2.87. The highest BCUT2D eigenvalue weighted by Crippen LogP contribution is 2.33. The molecule has 5 N–H and O–H groups in total. The van der Waals surface area contributed by atoms with Crippen LogP contribution < -0.4 is 10.5 Å². The maximum Gasteiger partial charge on any atom is 0.333 e. The fourth-order valence-corrected chi connectivity index (χ4v) is 4.86. The number of pyridine rings is 1. The fourth-order valence-electron chi connectivity index (χ4n) is 4.28. The predicted molar refractivity (Wildman–Crippen MR) is 132 cm³/mol. The number of hydrogen-bond donors (Lipinski definition) is 4. The number of anilines is 1. The van der Waals surface area contributed by atoms with Gasteiger partial charge in [-0.3, -0.25) is 18.6 Å². The number of benzene rings is 1. The van der Waals surface area contributed by atoms with Gasteiger partial charge in [-0.1, -0.05) is 23.7 Å². The molecule has 1 aromatic carbocycles. The lowest BCUT2D eigenvalue weighted by Crippen LogP contribution is -2.32. The average Bonchev–Trinajstić information content (AvgIpc) is 3.40. The smallest absolute Gasteiger partial charge is 0.333 e. The van der Waals surface area contributed by atoms with Crippen molar-refractivity contribution in [1.82, 2.24) is 14.8 Å². The Bertz CT molecular complexity index is 1330. The maximum absolute atomic E-state index is 13.2. The first kappa shape index (κ1) is 26.2. The number of aliphatic hydroxyl groups is 2. The molecule has 1 aliphatic rings. The minimum Gasteiger partial charge on any atom is -0.390 e. The van der Waals surface area contributed by atoms with Crippen LogP contribution in [0, 0.1) is 11.8 Å². The lowest BCUT2D eigenvalue weighted by Gasteiger charge is -2.18. The Morgan fingerprint density at radius 2 is 2.00 bits per heavy atom. The first-order valence-electron chi connectivity index (χ1n) is 11.1.